The van der Waals surface area contributed by atoms with Gasteiger partial charge in [0.2, 0.25) is 0 Å². The SMILES string of the molecule is CC(C)N1CCN(CI)CC1. The molecule has 0 amide bonds. The first kappa shape index (κ1) is 9.74. The third-order valence-electron chi connectivity index (χ3n) is 2.31. The van der Waals surface area contributed by atoms with Crippen molar-refractivity contribution in [2.45, 2.75) is 19.9 Å². The summed E-state index contributed by atoms with van der Waals surface area (Å²) in [6.45, 7) is 9.56. The first-order valence-electron chi connectivity index (χ1n) is 4.26. The summed E-state index contributed by atoms with van der Waals surface area (Å²) in [7, 11) is 0. The molecule has 0 saturated carbocycles. The summed E-state index contributed by atoms with van der Waals surface area (Å²) in [6, 6.07) is 0.728. The van der Waals surface area contributed by atoms with Gasteiger partial charge in [-0.15, -0.1) is 0 Å². The maximum Gasteiger partial charge on any atom is 0.0506 e. The van der Waals surface area contributed by atoms with Crippen LogP contribution in [0.3, 0.4) is 0 Å². The second-order valence-electron chi connectivity index (χ2n) is 3.37. The van der Waals surface area contributed by atoms with Gasteiger partial charge < -0.3 is 0 Å². The summed E-state index contributed by atoms with van der Waals surface area (Å²) in [4.78, 5) is 5.04. The summed E-state index contributed by atoms with van der Waals surface area (Å²) in [5.74, 6) is 0. The van der Waals surface area contributed by atoms with Gasteiger partial charge in [0, 0.05) is 32.2 Å². The standard InChI is InChI=1S/C8H17IN2/c1-8(2)11-5-3-10(7-9)4-6-11/h8H,3-7H2,1-2H3. The number of hydrogen-bond acceptors (Lipinski definition) is 2. The molecular weight excluding hydrogens is 251 g/mol. The zero-order valence-corrected chi connectivity index (χ0v) is 9.54. The lowest BCUT2D eigenvalue weighted by molar-refractivity contribution is 0.124. The molecule has 1 rings (SSSR count). The van der Waals surface area contributed by atoms with Crippen molar-refractivity contribution in [2.24, 2.45) is 0 Å². The number of rotatable bonds is 2. The average molecular weight is 268 g/mol. The molecule has 1 saturated heterocycles. The highest BCUT2D eigenvalue weighted by Crippen LogP contribution is 2.06. The van der Waals surface area contributed by atoms with Crippen LogP contribution in [0.2, 0.25) is 0 Å². The number of hydrogen-bond donors (Lipinski definition) is 0. The Morgan fingerprint density at radius 2 is 1.73 bits per heavy atom. The van der Waals surface area contributed by atoms with Crippen LogP contribution in [0, 0.1) is 0 Å². The molecule has 0 radical (unpaired) electrons. The van der Waals surface area contributed by atoms with Crippen molar-refractivity contribution in [3.05, 3.63) is 0 Å². The van der Waals surface area contributed by atoms with Gasteiger partial charge in [0.05, 0.1) is 4.55 Å². The van der Waals surface area contributed by atoms with E-state index in [-0.39, 0.29) is 0 Å². The molecule has 66 valence electrons. The van der Waals surface area contributed by atoms with E-state index in [9.17, 15) is 0 Å². The minimum absolute atomic E-state index is 0.728. The van der Waals surface area contributed by atoms with Crippen LogP contribution < -0.4 is 0 Å². The van der Waals surface area contributed by atoms with Crippen molar-refractivity contribution in [1.82, 2.24) is 9.80 Å². The van der Waals surface area contributed by atoms with E-state index in [1.54, 1.807) is 0 Å². The van der Waals surface area contributed by atoms with Crippen molar-refractivity contribution in [2.75, 3.05) is 30.7 Å². The van der Waals surface area contributed by atoms with Crippen molar-refractivity contribution in [3.63, 3.8) is 0 Å². The fourth-order valence-corrected chi connectivity index (χ4v) is 2.08. The third-order valence-corrected chi connectivity index (χ3v) is 3.27. The highest BCUT2D eigenvalue weighted by molar-refractivity contribution is 14.1. The Hall–Kier alpha value is 0.650. The molecule has 0 bridgehead atoms. The number of halogens is 1. The lowest BCUT2D eigenvalue weighted by Crippen LogP contribution is -2.48. The first-order valence-corrected chi connectivity index (χ1v) is 5.79. The highest BCUT2D eigenvalue weighted by atomic mass is 127. The lowest BCUT2D eigenvalue weighted by atomic mass is 10.2. The molecule has 0 aromatic rings. The largest absolute Gasteiger partial charge is 0.298 e. The van der Waals surface area contributed by atoms with E-state index in [4.69, 9.17) is 0 Å². The summed E-state index contributed by atoms with van der Waals surface area (Å²) < 4.78 is 1.18. The number of alkyl halides is 1. The summed E-state index contributed by atoms with van der Waals surface area (Å²) in [6.07, 6.45) is 0. The van der Waals surface area contributed by atoms with Crippen LogP contribution in [0.15, 0.2) is 0 Å². The molecule has 1 aliphatic rings. The minimum atomic E-state index is 0.728. The molecule has 1 heterocycles. The molecule has 0 aromatic heterocycles. The van der Waals surface area contributed by atoms with E-state index in [2.05, 4.69) is 46.2 Å². The van der Waals surface area contributed by atoms with Gasteiger partial charge in [-0.2, -0.15) is 0 Å². The Labute approximate surface area is 83.1 Å². The summed E-state index contributed by atoms with van der Waals surface area (Å²) in [5, 5.41) is 0. The van der Waals surface area contributed by atoms with Gasteiger partial charge in [0.15, 0.2) is 0 Å². The van der Waals surface area contributed by atoms with Crippen LogP contribution >= 0.6 is 22.6 Å². The van der Waals surface area contributed by atoms with Crippen LogP contribution in [-0.2, 0) is 0 Å². The molecular formula is C8H17IN2. The molecule has 0 N–H and O–H groups in total. The fourth-order valence-electron chi connectivity index (χ4n) is 1.40. The Balaban J connectivity index is 2.24. The van der Waals surface area contributed by atoms with Gasteiger partial charge in [-0.25, -0.2) is 0 Å². The average Bonchev–Trinajstić information content (AvgIpc) is 2.05. The highest BCUT2D eigenvalue weighted by Gasteiger charge is 2.17. The Morgan fingerprint density at radius 3 is 2.09 bits per heavy atom. The van der Waals surface area contributed by atoms with Gasteiger partial charge in [0.25, 0.3) is 0 Å². The van der Waals surface area contributed by atoms with E-state index >= 15 is 0 Å². The fraction of sp³-hybridized carbons (Fsp3) is 1.00. The van der Waals surface area contributed by atoms with Gasteiger partial charge in [-0.05, 0) is 13.8 Å². The molecule has 2 nitrogen and oxygen atoms in total. The Kier molecular flexibility index (Phi) is 4.09. The zero-order valence-electron chi connectivity index (χ0n) is 7.39. The maximum atomic E-state index is 2.54. The van der Waals surface area contributed by atoms with E-state index < -0.39 is 0 Å². The predicted octanol–water partition coefficient (Wildman–Crippen LogP) is 1.40. The third kappa shape index (κ3) is 2.87. The second kappa shape index (κ2) is 4.62. The second-order valence-corrected chi connectivity index (χ2v) is 4.05. The smallest absolute Gasteiger partial charge is 0.0506 e. The van der Waals surface area contributed by atoms with Gasteiger partial charge in [-0.1, -0.05) is 22.6 Å². The van der Waals surface area contributed by atoms with Gasteiger partial charge in [0.1, 0.15) is 0 Å². The van der Waals surface area contributed by atoms with Crippen LogP contribution in [-0.4, -0.2) is 46.6 Å². The number of piperazine rings is 1. The van der Waals surface area contributed by atoms with Crippen molar-refractivity contribution in [1.29, 1.82) is 0 Å². The first-order chi connectivity index (χ1) is 5.24. The van der Waals surface area contributed by atoms with Crippen LogP contribution in [0.4, 0.5) is 0 Å². The van der Waals surface area contributed by atoms with E-state index in [0.29, 0.717) is 0 Å². The minimum Gasteiger partial charge on any atom is -0.298 e. The summed E-state index contributed by atoms with van der Waals surface area (Å²) in [5.41, 5.74) is 0. The monoisotopic (exact) mass is 268 g/mol. The van der Waals surface area contributed by atoms with Crippen molar-refractivity contribution >= 4 is 22.6 Å². The number of nitrogens with zero attached hydrogens (tertiary/aromatic N) is 2. The Morgan fingerprint density at radius 1 is 1.18 bits per heavy atom. The zero-order chi connectivity index (χ0) is 8.27. The van der Waals surface area contributed by atoms with Crippen LogP contribution in [0.5, 0.6) is 0 Å². The predicted molar refractivity (Wildman–Crippen MR) is 57.2 cm³/mol. The quantitative estimate of drug-likeness (QED) is 0.424. The molecule has 0 atom stereocenters. The van der Waals surface area contributed by atoms with E-state index in [1.165, 1.54) is 30.7 Å². The Bertz CT molecular complexity index is 109. The molecule has 0 spiro atoms. The van der Waals surface area contributed by atoms with Crippen molar-refractivity contribution in [3.8, 4) is 0 Å². The van der Waals surface area contributed by atoms with Crippen LogP contribution in [0.1, 0.15) is 13.8 Å². The normalized spacial score (nSPS) is 22.9. The van der Waals surface area contributed by atoms with E-state index in [1.807, 2.05) is 0 Å². The molecule has 0 unspecified atom stereocenters. The van der Waals surface area contributed by atoms with Crippen LogP contribution in [0.25, 0.3) is 0 Å². The molecule has 1 fully saturated rings. The molecule has 3 heteroatoms. The molecule has 1 aliphatic heterocycles. The molecule has 11 heavy (non-hydrogen) atoms. The van der Waals surface area contributed by atoms with Gasteiger partial charge in [-0.3, -0.25) is 9.80 Å². The molecule has 0 aliphatic carbocycles. The van der Waals surface area contributed by atoms with Gasteiger partial charge >= 0.3 is 0 Å². The molecule has 0 aromatic carbocycles. The maximum absolute atomic E-state index is 2.54. The van der Waals surface area contributed by atoms with E-state index in [0.717, 1.165) is 6.04 Å². The van der Waals surface area contributed by atoms with Crippen molar-refractivity contribution < 1.29 is 0 Å². The lowest BCUT2D eigenvalue weighted by Gasteiger charge is -2.35. The topological polar surface area (TPSA) is 6.48 Å². The summed E-state index contributed by atoms with van der Waals surface area (Å²) >= 11 is 2.44.